The second-order valence-corrected chi connectivity index (χ2v) is 16.7. The maximum Gasteiger partial charge on any atom is 0.275 e. The first-order valence-corrected chi connectivity index (χ1v) is 21.9. The molecule has 1 N–H and O–H groups in total. The van der Waals surface area contributed by atoms with Crippen molar-refractivity contribution in [3.05, 3.63) is 129 Å². The molecule has 3 aliphatic heterocycles. The van der Waals surface area contributed by atoms with Crippen LogP contribution in [0.1, 0.15) is 49.3 Å². The Labute approximate surface area is 373 Å². The third-order valence-electron chi connectivity index (χ3n) is 12.4. The molecule has 0 spiro atoms. The first-order valence-electron chi connectivity index (χ1n) is 21.9. The summed E-state index contributed by atoms with van der Waals surface area (Å²) in [6, 6.07) is 24.9. The van der Waals surface area contributed by atoms with Gasteiger partial charge in [0.25, 0.3) is 17.0 Å². The molecule has 0 saturated carbocycles. The van der Waals surface area contributed by atoms with Gasteiger partial charge >= 0.3 is 0 Å². The van der Waals surface area contributed by atoms with E-state index in [0.717, 1.165) is 61.4 Å². The Morgan fingerprint density at radius 3 is 2.40 bits per heavy atom. The number of nitrogens with one attached hydrogen (secondary N) is 1. The number of nitriles is 1. The molecule has 0 aliphatic carbocycles. The minimum Gasteiger partial charge on any atom is -0.490 e. The molecule has 17 heteroatoms. The quantitative estimate of drug-likeness (QED) is 0.174. The van der Waals surface area contributed by atoms with Crippen LogP contribution < -0.4 is 26.1 Å². The minimum absolute atomic E-state index is 0.167. The molecule has 3 fully saturated rings. The lowest BCUT2D eigenvalue weighted by Crippen LogP contribution is -2.48. The number of anilines is 1. The number of imide groups is 1. The van der Waals surface area contributed by atoms with Crippen LogP contribution in [0.2, 0.25) is 0 Å². The Kier molecular flexibility index (Phi) is 12.5. The van der Waals surface area contributed by atoms with Gasteiger partial charge in [-0.1, -0.05) is 30.3 Å². The molecule has 65 heavy (non-hydrogen) atoms. The van der Waals surface area contributed by atoms with Crippen molar-refractivity contribution >= 4 is 34.2 Å². The first kappa shape index (κ1) is 42.7. The van der Waals surface area contributed by atoms with Crippen molar-refractivity contribution in [2.75, 3.05) is 57.3 Å². The van der Waals surface area contributed by atoms with E-state index in [1.54, 1.807) is 48.9 Å². The number of nitrogens with zero attached hydrogens (tertiary/aromatic N) is 10. The largest absolute Gasteiger partial charge is 0.490 e. The van der Waals surface area contributed by atoms with E-state index in [1.807, 2.05) is 47.4 Å². The number of hydrogen-bond acceptors (Lipinski definition) is 13. The van der Waals surface area contributed by atoms with E-state index in [2.05, 4.69) is 41.4 Å². The summed E-state index contributed by atoms with van der Waals surface area (Å²) in [7, 11) is 0. The van der Waals surface area contributed by atoms with E-state index in [4.69, 9.17) is 4.74 Å². The predicted octanol–water partition coefficient (Wildman–Crippen LogP) is 3.80. The van der Waals surface area contributed by atoms with Gasteiger partial charge in [0.15, 0.2) is 11.6 Å². The SMILES string of the molecule is N#Cc1cccc(-c2ccc(=O)n(Cc3cccc(-c4ncc(OCC5CCN(C(=O)CCN6CCN(c7ccc8c(=O)n(C9CCC(=O)NC9=O)ncc8c7)CC6)CC5)cn4)c3)n2)c1. The molecular formula is C48H47N11O6. The lowest BCUT2D eigenvalue weighted by molar-refractivity contribution is -0.136. The van der Waals surface area contributed by atoms with Crippen LogP contribution in [-0.2, 0) is 20.9 Å². The van der Waals surface area contributed by atoms with Crippen molar-refractivity contribution in [2.45, 2.75) is 44.7 Å². The zero-order valence-corrected chi connectivity index (χ0v) is 35.7. The summed E-state index contributed by atoms with van der Waals surface area (Å²) in [4.78, 5) is 78.8. The van der Waals surface area contributed by atoms with E-state index in [-0.39, 0.29) is 42.3 Å². The number of carbonyl (C=O) groups excluding carboxylic acids is 3. The highest BCUT2D eigenvalue weighted by atomic mass is 16.5. The van der Waals surface area contributed by atoms with Gasteiger partial charge in [0.2, 0.25) is 11.8 Å². The van der Waals surface area contributed by atoms with Crippen LogP contribution in [0, 0.1) is 17.2 Å². The number of piperidine rings is 2. The zero-order chi connectivity index (χ0) is 44.9. The molecule has 3 aliphatic rings. The number of rotatable bonds is 12. The number of likely N-dealkylation sites (tertiary alicyclic amines) is 1. The van der Waals surface area contributed by atoms with Gasteiger partial charge in [-0.15, -0.1) is 0 Å². The van der Waals surface area contributed by atoms with Crippen LogP contribution in [0.5, 0.6) is 5.75 Å². The Balaban J connectivity index is 0.700. The third-order valence-corrected chi connectivity index (χ3v) is 12.4. The average Bonchev–Trinajstić information content (AvgIpc) is 3.34. The van der Waals surface area contributed by atoms with E-state index < -0.39 is 11.9 Å². The Morgan fingerprint density at radius 2 is 1.62 bits per heavy atom. The highest BCUT2D eigenvalue weighted by Crippen LogP contribution is 2.25. The second kappa shape index (κ2) is 19.0. The Hall–Kier alpha value is -7.58. The van der Waals surface area contributed by atoms with Crippen molar-refractivity contribution in [3.63, 3.8) is 0 Å². The van der Waals surface area contributed by atoms with E-state index in [1.165, 1.54) is 15.4 Å². The van der Waals surface area contributed by atoms with Crippen molar-refractivity contribution in [1.82, 2.24) is 44.6 Å². The molecule has 0 bridgehead atoms. The molecule has 0 radical (unpaired) electrons. The predicted molar refractivity (Wildman–Crippen MR) is 241 cm³/mol. The van der Waals surface area contributed by atoms with E-state index >= 15 is 0 Å². The number of aromatic nitrogens is 6. The highest BCUT2D eigenvalue weighted by Gasteiger charge is 2.30. The number of carbonyl (C=O) groups is 3. The van der Waals surface area contributed by atoms with Crippen LogP contribution >= 0.6 is 0 Å². The lowest BCUT2D eigenvalue weighted by atomic mass is 9.97. The van der Waals surface area contributed by atoms with Crippen LogP contribution in [-0.4, -0.2) is 109 Å². The van der Waals surface area contributed by atoms with Gasteiger partial charge in [-0.3, -0.25) is 34.2 Å². The monoisotopic (exact) mass is 873 g/mol. The lowest BCUT2D eigenvalue weighted by Gasteiger charge is -2.37. The summed E-state index contributed by atoms with van der Waals surface area (Å²) in [5.41, 5.74) is 3.92. The van der Waals surface area contributed by atoms with Crippen LogP contribution in [0.3, 0.4) is 0 Å². The summed E-state index contributed by atoms with van der Waals surface area (Å²) < 4.78 is 8.67. The molecule has 3 aromatic carbocycles. The summed E-state index contributed by atoms with van der Waals surface area (Å²) in [5, 5.41) is 21.6. The molecule has 9 rings (SSSR count). The number of ether oxygens (including phenoxy) is 1. The molecule has 3 aromatic heterocycles. The number of amides is 3. The fourth-order valence-corrected chi connectivity index (χ4v) is 8.68. The van der Waals surface area contributed by atoms with Gasteiger partial charge in [0, 0.05) is 86.9 Å². The van der Waals surface area contributed by atoms with Gasteiger partial charge in [0.1, 0.15) is 6.04 Å². The third kappa shape index (κ3) is 9.82. The van der Waals surface area contributed by atoms with Gasteiger partial charge in [-0.2, -0.15) is 15.5 Å². The molecule has 17 nitrogen and oxygen atoms in total. The number of fused-ring (bicyclic) bond motifs is 1. The molecule has 330 valence electrons. The van der Waals surface area contributed by atoms with Crippen molar-refractivity contribution in [2.24, 2.45) is 5.92 Å². The zero-order valence-electron chi connectivity index (χ0n) is 35.7. The summed E-state index contributed by atoms with van der Waals surface area (Å²) in [5.74, 6) is 0.738. The Bertz CT molecular complexity index is 2910. The number of hydrogen-bond donors (Lipinski definition) is 1. The molecule has 1 unspecified atom stereocenters. The van der Waals surface area contributed by atoms with Gasteiger partial charge < -0.3 is 14.5 Å². The van der Waals surface area contributed by atoms with E-state index in [0.29, 0.717) is 72.2 Å². The maximum atomic E-state index is 13.2. The average molecular weight is 874 g/mol. The molecule has 1 atom stereocenters. The van der Waals surface area contributed by atoms with Gasteiger partial charge in [0.05, 0.1) is 54.5 Å². The molecule has 3 amide bonds. The van der Waals surface area contributed by atoms with Crippen molar-refractivity contribution in [1.29, 1.82) is 5.26 Å². The summed E-state index contributed by atoms with van der Waals surface area (Å²) in [6.07, 6.45) is 7.53. The molecule has 3 saturated heterocycles. The fourth-order valence-electron chi connectivity index (χ4n) is 8.68. The smallest absolute Gasteiger partial charge is 0.275 e. The van der Waals surface area contributed by atoms with Gasteiger partial charge in [-0.05, 0) is 73.2 Å². The Morgan fingerprint density at radius 1 is 0.831 bits per heavy atom. The highest BCUT2D eigenvalue weighted by molar-refractivity contribution is 5.99. The van der Waals surface area contributed by atoms with Crippen molar-refractivity contribution in [3.8, 4) is 34.5 Å². The molecule has 6 aromatic rings. The second-order valence-electron chi connectivity index (χ2n) is 16.7. The normalized spacial score (nSPS) is 17.2. The topological polar surface area (TPSA) is 202 Å². The van der Waals surface area contributed by atoms with Crippen molar-refractivity contribution < 1.29 is 19.1 Å². The molecular weight excluding hydrogens is 827 g/mol. The van der Waals surface area contributed by atoms with Crippen LogP contribution in [0.4, 0.5) is 5.69 Å². The standard InChI is InChI=1S/C48H47N11O6/c49-26-33-3-1-5-35(23-33)41-9-12-45(62)58(54-41)30-34-4-2-6-36(24-34)46-50-28-39(29-51-46)65-31-32-13-17-57(18-14-32)44(61)15-16-55-19-21-56(22-20-55)38-7-8-40-37(25-38)27-52-59(48(40)64)42-10-11-43(60)53-47(42)63/h1-9,12,23-25,27-29,32,42H,10-11,13-22,30-31H2,(H,53,60,63). The number of benzene rings is 3. The summed E-state index contributed by atoms with van der Waals surface area (Å²) in [6.45, 7) is 6.05. The van der Waals surface area contributed by atoms with Crippen LogP contribution in [0.25, 0.3) is 33.4 Å². The summed E-state index contributed by atoms with van der Waals surface area (Å²) >= 11 is 0. The molecule has 6 heterocycles. The maximum absolute atomic E-state index is 13.2. The van der Waals surface area contributed by atoms with E-state index in [9.17, 15) is 29.2 Å². The van der Waals surface area contributed by atoms with Gasteiger partial charge in [-0.25, -0.2) is 19.3 Å². The minimum atomic E-state index is -0.803. The number of piperazine rings is 1. The van der Waals surface area contributed by atoms with Crippen LogP contribution in [0.15, 0.2) is 107 Å². The fraction of sp³-hybridized carbons (Fsp3) is 0.333. The first-order chi connectivity index (χ1) is 31.7.